The fraction of sp³-hybridized carbons (Fsp3) is 0.391. The number of carbonyl (C=O) groups excluding carboxylic acids is 2. The van der Waals surface area contributed by atoms with Gasteiger partial charge in [-0.15, -0.1) is 0 Å². The quantitative estimate of drug-likeness (QED) is 0.781. The molecule has 0 saturated carbocycles. The van der Waals surface area contributed by atoms with Crippen molar-refractivity contribution in [1.82, 2.24) is 10.2 Å². The molecule has 1 heterocycles. The van der Waals surface area contributed by atoms with Crippen LogP contribution in [0.15, 0.2) is 54.6 Å². The maximum atomic E-state index is 12.4. The van der Waals surface area contributed by atoms with Crippen LogP contribution in [0.1, 0.15) is 32.8 Å². The summed E-state index contributed by atoms with van der Waals surface area (Å²) < 4.78 is 5.48. The number of hydrogen-bond acceptors (Lipinski definition) is 4. The summed E-state index contributed by atoms with van der Waals surface area (Å²) in [6, 6.07) is 17.8. The van der Waals surface area contributed by atoms with Crippen LogP contribution in [0.3, 0.4) is 0 Å². The SMILES string of the molecule is CCN1CC(C)(C)OC(=O)C1CC(=O)NCc1ccc(-c2ccccc2)cc1. The molecule has 1 aliphatic rings. The maximum absolute atomic E-state index is 12.4. The van der Waals surface area contributed by atoms with E-state index >= 15 is 0 Å². The molecule has 0 aromatic heterocycles. The molecule has 1 fully saturated rings. The third-order valence-corrected chi connectivity index (χ3v) is 5.01. The van der Waals surface area contributed by atoms with Crippen LogP contribution in [0, 0.1) is 0 Å². The monoisotopic (exact) mass is 380 g/mol. The second-order valence-corrected chi connectivity index (χ2v) is 7.80. The van der Waals surface area contributed by atoms with Crippen molar-refractivity contribution in [2.45, 2.75) is 45.4 Å². The average molecular weight is 380 g/mol. The molecule has 28 heavy (non-hydrogen) atoms. The van der Waals surface area contributed by atoms with E-state index in [4.69, 9.17) is 4.74 Å². The number of likely N-dealkylation sites (N-methyl/N-ethyl adjacent to an activating group) is 1. The highest BCUT2D eigenvalue weighted by atomic mass is 16.6. The van der Waals surface area contributed by atoms with Crippen molar-refractivity contribution in [3.8, 4) is 11.1 Å². The zero-order valence-electron chi connectivity index (χ0n) is 16.8. The molecule has 1 atom stereocenters. The van der Waals surface area contributed by atoms with E-state index in [1.807, 2.05) is 56.0 Å². The van der Waals surface area contributed by atoms with E-state index in [9.17, 15) is 9.59 Å². The van der Waals surface area contributed by atoms with Crippen LogP contribution >= 0.6 is 0 Å². The lowest BCUT2D eigenvalue weighted by molar-refractivity contribution is -0.178. The van der Waals surface area contributed by atoms with Crippen LogP contribution in [-0.4, -0.2) is 41.5 Å². The summed E-state index contributed by atoms with van der Waals surface area (Å²) in [5.41, 5.74) is 2.81. The van der Waals surface area contributed by atoms with Crippen molar-refractivity contribution in [2.75, 3.05) is 13.1 Å². The van der Waals surface area contributed by atoms with Gasteiger partial charge in [-0.1, -0.05) is 61.5 Å². The van der Waals surface area contributed by atoms with Crippen LogP contribution in [0.2, 0.25) is 0 Å². The van der Waals surface area contributed by atoms with Gasteiger partial charge in [0, 0.05) is 13.1 Å². The number of ether oxygens (including phenoxy) is 1. The number of nitrogens with one attached hydrogen (secondary N) is 1. The van der Waals surface area contributed by atoms with Crippen LogP contribution < -0.4 is 5.32 Å². The van der Waals surface area contributed by atoms with Gasteiger partial charge in [-0.3, -0.25) is 14.5 Å². The fourth-order valence-electron chi connectivity index (χ4n) is 3.56. The van der Waals surface area contributed by atoms with E-state index in [0.717, 1.165) is 16.7 Å². The molecule has 2 aromatic rings. The molecule has 0 aliphatic carbocycles. The largest absolute Gasteiger partial charge is 0.457 e. The minimum atomic E-state index is -0.515. The normalized spacial score (nSPS) is 19.1. The van der Waals surface area contributed by atoms with Gasteiger partial charge in [0.05, 0.1) is 6.42 Å². The Kier molecular flexibility index (Phi) is 6.15. The number of esters is 1. The van der Waals surface area contributed by atoms with Gasteiger partial charge in [-0.25, -0.2) is 0 Å². The molecule has 1 saturated heterocycles. The maximum Gasteiger partial charge on any atom is 0.324 e. The van der Waals surface area contributed by atoms with Gasteiger partial charge in [0.15, 0.2) is 0 Å². The van der Waals surface area contributed by atoms with Crippen molar-refractivity contribution >= 4 is 11.9 Å². The Bertz CT molecular complexity index is 816. The minimum absolute atomic E-state index is 0.116. The molecule has 5 heteroatoms. The first-order chi connectivity index (χ1) is 13.4. The molecule has 1 amide bonds. The van der Waals surface area contributed by atoms with Gasteiger partial charge in [-0.05, 0) is 37.1 Å². The molecule has 0 radical (unpaired) electrons. The number of cyclic esters (lactones) is 1. The summed E-state index contributed by atoms with van der Waals surface area (Å²) in [4.78, 5) is 26.7. The fourth-order valence-corrected chi connectivity index (χ4v) is 3.56. The van der Waals surface area contributed by atoms with Crippen molar-refractivity contribution < 1.29 is 14.3 Å². The van der Waals surface area contributed by atoms with E-state index in [-0.39, 0.29) is 18.3 Å². The number of nitrogens with zero attached hydrogens (tertiary/aromatic N) is 1. The van der Waals surface area contributed by atoms with Crippen LogP contribution in [0.5, 0.6) is 0 Å². The summed E-state index contributed by atoms with van der Waals surface area (Å²) in [7, 11) is 0. The highest BCUT2D eigenvalue weighted by Crippen LogP contribution is 2.23. The summed E-state index contributed by atoms with van der Waals surface area (Å²) >= 11 is 0. The summed E-state index contributed by atoms with van der Waals surface area (Å²) in [5.74, 6) is -0.465. The van der Waals surface area contributed by atoms with Gasteiger partial charge in [0.2, 0.25) is 5.91 Å². The predicted octanol–water partition coefficient (Wildman–Crippen LogP) is 3.39. The van der Waals surface area contributed by atoms with Gasteiger partial charge < -0.3 is 10.1 Å². The van der Waals surface area contributed by atoms with E-state index < -0.39 is 11.6 Å². The molecule has 0 spiro atoms. The molecule has 1 aliphatic heterocycles. The predicted molar refractivity (Wildman–Crippen MR) is 110 cm³/mol. The number of carbonyl (C=O) groups is 2. The van der Waals surface area contributed by atoms with Crippen molar-refractivity contribution in [3.63, 3.8) is 0 Å². The molecule has 1 N–H and O–H groups in total. The van der Waals surface area contributed by atoms with Gasteiger partial charge >= 0.3 is 5.97 Å². The molecule has 5 nitrogen and oxygen atoms in total. The zero-order valence-corrected chi connectivity index (χ0v) is 16.8. The van der Waals surface area contributed by atoms with E-state index in [2.05, 4.69) is 29.6 Å². The van der Waals surface area contributed by atoms with Gasteiger partial charge in [0.1, 0.15) is 11.6 Å². The first-order valence-electron chi connectivity index (χ1n) is 9.76. The zero-order chi connectivity index (χ0) is 20.1. The molecule has 1 unspecified atom stereocenters. The second-order valence-electron chi connectivity index (χ2n) is 7.80. The first kappa shape index (κ1) is 20.1. The number of benzene rings is 2. The van der Waals surface area contributed by atoms with Crippen molar-refractivity contribution in [2.24, 2.45) is 0 Å². The van der Waals surface area contributed by atoms with E-state index in [0.29, 0.717) is 19.6 Å². The van der Waals surface area contributed by atoms with Crippen molar-refractivity contribution in [3.05, 3.63) is 60.2 Å². The number of rotatable bonds is 6. The highest BCUT2D eigenvalue weighted by Gasteiger charge is 2.40. The Balaban J connectivity index is 1.55. The van der Waals surface area contributed by atoms with Crippen LogP contribution in [0.25, 0.3) is 11.1 Å². The smallest absolute Gasteiger partial charge is 0.324 e. The van der Waals surface area contributed by atoms with Crippen LogP contribution in [-0.2, 0) is 20.9 Å². The Hall–Kier alpha value is -2.66. The lowest BCUT2D eigenvalue weighted by atomic mass is 10.0. The molecule has 0 bridgehead atoms. The Morgan fingerprint density at radius 1 is 1.11 bits per heavy atom. The lowest BCUT2D eigenvalue weighted by Crippen LogP contribution is -2.57. The Morgan fingerprint density at radius 2 is 1.75 bits per heavy atom. The lowest BCUT2D eigenvalue weighted by Gasteiger charge is -2.41. The van der Waals surface area contributed by atoms with Gasteiger partial charge in [-0.2, -0.15) is 0 Å². The number of morpholine rings is 1. The molecule has 3 rings (SSSR count). The molecular weight excluding hydrogens is 352 g/mol. The van der Waals surface area contributed by atoms with E-state index in [1.165, 1.54) is 0 Å². The van der Waals surface area contributed by atoms with Crippen molar-refractivity contribution in [1.29, 1.82) is 0 Å². The standard InChI is InChI=1S/C23H28N2O3/c1-4-25-16-23(2,3)28-22(27)20(25)14-21(26)24-15-17-10-12-19(13-11-17)18-8-6-5-7-9-18/h5-13,20H,4,14-16H2,1-3H3,(H,24,26). The van der Waals surface area contributed by atoms with E-state index in [1.54, 1.807) is 0 Å². The third kappa shape index (κ3) is 4.98. The Labute approximate surface area is 166 Å². The minimum Gasteiger partial charge on any atom is -0.457 e. The average Bonchev–Trinajstić information content (AvgIpc) is 2.69. The third-order valence-electron chi connectivity index (χ3n) is 5.01. The first-order valence-corrected chi connectivity index (χ1v) is 9.76. The number of amides is 1. The molecular formula is C23H28N2O3. The second kappa shape index (κ2) is 8.57. The number of hydrogen-bond donors (Lipinski definition) is 1. The highest BCUT2D eigenvalue weighted by molar-refractivity contribution is 5.86. The summed E-state index contributed by atoms with van der Waals surface area (Å²) in [5, 5.41) is 2.92. The molecule has 2 aromatic carbocycles. The topological polar surface area (TPSA) is 58.6 Å². The summed E-state index contributed by atoms with van der Waals surface area (Å²) in [6.07, 6.45) is 0.116. The van der Waals surface area contributed by atoms with Crippen LogP contribution in [0.4, 0.5) is 0 Å². The summed E-state index contributed by atoms with van der Waals surface area (Å²) in [6.45, 7) is 7.55. The van der Waals surface area contributed by atoms with Gasteiger partial charge in [0.25, 0.3) is 0 Å². The molecule has 148 valence electrons. The Morgan fingerprint density at radius 3 is 2.39 bits per heavy atom.